The van der Waals surface area contributed by atoms with Crippen molar-refractivity contribution in [3.63, 3.8) is 0 Å². The Hall–Kier alpha value is -2.63. The van der Waals surface area contributed by atoms with Crippen molar-refractivity contribution >= 4 is 34.8 Å². The molecule has 0 saturated carbocycles. The number of benzene rings is 2. The SMILES string of the molecule is O=C(c1cccs1)N1CCN2C(=O)c3ccccc3CC12c1ccc(Cl)cc1. The zero-order valence-electron chi connectivity index (χ0n) is 15.0. The van der Waals surface area contributed by atoms with Crippen LogP contribution in [0.25, 0.3) is 0 Å². The van der Waals surface area contributed by atoms with Crippen LogP contribution in [-0.2, 0) is 12.1 Å². The Kier molecular flexibility index (Phi) is 4.03. The molecule has 1 saturated heterocycles. The molecule has 0 spiro atoms. The van der Waals surface area contributed by atoms with Crippen molar-refractivity contribution in [2.45, 2.75) is 12.1 Å². The van der Waals surface area contributed by atoms with Gasteiger partial charge in [0, 0.05) is 30.1 Å². The number of nitrogens with zero attached hydrogens (tertiary/aromatic N) is 2. The highest BCUT2D eigenvalue weighted by molar-refractivity contribution is 7.12. The average molecular weight is 409 g/mol. The third-order valence-electron chi connectivity index (χ3n) is 5.65. The van der Waals surface area contributed by atoms with E-state index in [0.717, 1.165) is 16.7 Å². The van der Waals surface area contributed by atoms with Gasteiger partial charge in [-0.15, -0.1) is 11.3 Å². The van der Waals surface area contributed by atoms with Crippen molar-refractivity contribution in [3.8, 4) is 0 Å². The van der Waals surface area contributed by atoms with Gasteiger partial charge in [-0.3, -0.25) is 9.59 Å². The molecule has 3 heterocycles. The van der Waals surface area contributed by atoms with Crippen molar-refractivity contribution in [2.75, 3.05) is 13.1 Å². The van der Waals surface area contributed by atoms with Gasteiger partial charge in [0.05, 0.1) is 4.88 Å². The number of rotatable bonds is 2. The fraction of sp³-hybridized carbons (Fsp3) is 0.182. The first-order chi connectivity index (χ1) is 13.6. The molecule has 1 unspecified atom stereocenters. The summed E-state index contributed by atoms with van der Waals surface area (Å²) in [6.07, 6.45) is 0.563. The summed E-state index contributed by atoms with van der Waals surface area (Å²) >= 11 is 7.55. The molecule has 0 radical (unpaired) electrons. The lowest BCUT2D eigenvalue weighted by molar-refractivity contribution is 0.00798. The van der Waals surface area contributed by atoms with Gasteiger partial charge in [0.2, 0.25) is 0 Å². The molecule has 1 atom stereocenters. The number of thiophene rings is 1. The number of hydrogen-bond donors (Lipinski definition) is 0. The molecule has 2 aliphatic heterocycles. The maximum Gasteiger partial charge on any atom is 0.266 e. The summed E-state index contributed by atoms with van der Waals surface area (Å²) < 4.78 is 0. The number of hydrogen-bond acceptors (Lipinski definition) is 3. The highest BCUT2D eigenvalue weighted by Gasteiger charge is 2.55. The van der Waals surface area contributed by atoms with E-state index in [9.17, 15) is 9.59 Å². The minimum atomic E-state index is -0.836. The summed E-state index contributed by atoms with van der Waals surface area (Å²) in [5.41, 5.74) is 1.75. The van der Waals surface area contributed by atoms with Crippen LogP contribution < -0.4 is 0 Å². The van der Waals surface area contributed by atoms with E-state index in [0.29, 0.717) is 29.4 Å². The smallest absolute Gasteiger partial charge is 0.266 e. The molecule has 0 aliphatic carbocycles. The number of fused-ring (bicyclic) bond motifs is 2. The van der Waals surface area contributed by atoms with Crippen molar-refractivity contribution < 1.29 is 9.59 Å². The lowest BCUT2D eigenvalue weighted by Gasteiger charge is -2.47. The van der Waals surface area contributed by atoms with E-state index >= 15 is 0 Å². The summed E-state index contributed by atoms with van der Waals surface area (Å²) in [5, 5.41) is 2.53. The molecule has 2 amide bonds. The molecule has 1 aromatic heterocycles. The van der Waals surface area contributed by atoms with Crippen LogP contribution in [0.2, 0.25) is 5.02 Å². The lowest BCUT2D eigenvalue weighted by atomic mass is 9.83. The Morgan fingerprint density at radius 2 is 1.79 bits per heavy atom. The predicted octanol–water partition coefficient (Wildman–Crippen LogP) is 4.41. The molecule has 28 heavy (non-hydrogen) atoms. The van der Waals surface area contributed by atoms with Crippen LogP contribution in [0.4, 0.5) is 0 Å². The third kappa shape index (κ3) is 2.43. The molecule has 0 N–H and O–H groups in total. The van der Waals surface area contributed by atoms with Crippen molar-refractivity contribution in [1.82, 2.24) is 9.80 Å². The van der Waals surface area contributed by atoms with E-state index < -0.39 is 5.66 Å². The van der Waals surface area contributed by atoms with Crippen molar-refractivity contribution in [3.05, 3.63) is 92.6 Å². The fourth-order valence-electron chi connectivity index (χ4n) is 4.40. The molecule has 1 fully saturated rings. The van der Waals surface area contributed by atoms with Gasteiger partial charge in [0.1, 0.15) is 5.66 Å². The van der Waals surface area contributed by atoms with Gasteiger partial charge in [-0.1, -0.05) is 48.0 Å². The first kappa shape index (κ1) is 17.5. The highest BCUT2D eigenvalue weighted by atomic mass is 35.5. The summed E-state index contributed by atoms with van der Waals surface area (Å²) in [6, 6.07) is 18.9. The fourth-order valence-corrected chi connectivity index (χ4v) is 5.20. The van der Waals surface area contributed by atoms with Gasteiger partial charge in [-0.2, -0.15) is 0 Å². The van der Waals surface area contributed by atoms with Gasteiger partial charge in [-0.05, 0) is 40.8 Å². The number of carbonyl (C=O) groups excluding carboxylic acids is 2. The zero-order chi connectivity index (χ0) is 19.3. The van der Waals surface area contributed by atoms with Crippen LogP contribution >= 0.6 is 22.9 Å². The standard InChI is InChI=1S/C22H17ClN2O2S/c23-17-9-7-16(8-10-17)22-14-15-4-1-2-5-18(15)20(26)24(22)11-12-25(22)21(27)19-6-3-13-28-19/h1-10,13H,11-12,14H2. The van der Waals surface area contributed by atoms with Gasteiger partial charge >= 0.3 is 0 Å². The number of amides is 2. The molecule has 6 heteroatoms. The van der Waals surface area contributed by atoms with E-state index in [4.69, 9.17) is 11.6 Å². The summed E-state index contributed by atoms with van der Waals surface area (Å²) in [5.74, 6) is -0.0714. The van der Waals surface area contributed by atoms with E-state index in [1.165, 1.54) is 11.3 Å². The molecular weight excluding hydrogens is 392 g/mol. The molecule has 4 nitrogen and oxygen atoms in total. The second kappa shape index (κ2) is 6.47. The summed E-state index contributed by atoms with van der Waals surface area (Å²) in [4.78, 5) is 31.2. The Bertz CT molecular complexity index is 1060. The van der Waals surface area contributed by atoms with E-state index in [1.54, 1.807) is 0 Å². The second-order valence-electron chi connectivity index (χ2n) is 7.05. The van der Waals surface area contributed by atoms with Crippen molar-refractivity contribution in [1.29, 1.82) is 0 Å². The van der Waals surface area contributed by atoms with Gasteiger partial charge in [0.15, 0.2) is 0 Å². The number of carbonyl (C=O) groups is 2. The third-order valence-corrected chi connectivity index (χ3v) is 6.76. The van der Waals surface area contributed by atoms with Gasteiger partial charge < -0.3 is 9.80 Å². The maximum atomic E-state index is 13.4. The van der Waals surface area contributed by atoms with E-state index in [1.807, 2.05) is 75.8 Å². The Labute approximate surface area is 172 Å². The Balaban J connectivity index is 1.71. The largest absolute Gasteiger partial charge is 0.309 e. The van der Waals surface area contributed by atoms with Crippen LogP contribution in [0.3, 0.4) is 0 Å². The van der Waals surface area contributed by atoms with Gasteiger partial charge in [-0.25, -0.2) is 0 Å². The molecule has 140 valence electrons. The summed E-state index contributed by atoms with van der Waals surface area (Å²) in [7, 11) is 0. The molecule has 5 rings (SSSR count). The van der Waals surface area contributed by atoms with Crippen LogP contribution in [0.1, 0.15) is 31.2 Å². The highest BCUT2D eigenvalue weighted by Crippen LogP contribution is 2.45. The molecular formula is C22H17ClN2O2S. The van der Waals surface area contributed by atoms with Crippen LogP contribution in [0.15, 0.2) is 66.0 Å². The topological polar surface area (TPSA) is 40.6 Å². The average Bonchev–Trinajstić information content (AvgIpc) is 3.37. The first-order valence-corrected chi connectivity index (χ1v) is 10.4. The monoisotopic (exact) mass is 408 g/mol. The van der Waals surface area contributed by atoms with Crippen molar-refractivity contribution in [2.24, 2.45) is 0 Å². The lowest BCUT2D eigenvalue weighted by Crippen LogP contribution is -2.58. The maximum absolute atomic E-state index is 13.4. The van der Waals surface area contributed by atoms with E-state index in [2.05, 4.69) is 0 Å². The number of halogens is 1. The van der Waals surface area contributed by atoms with Crippen LogP contribution in [0, 0.1) is 0 Å². The van der Waals surface area contributed by atoms with Crippen LogP contribution in [-0.4, -0.2) is 34.7 Å². The normalized spacial score (nSPS) is 20.8. The summed E-state index contributed by atoms with van der Waals surface area (Å²) in [6.45, 7) is 1.01. The minimum absolute atomic E-state index is 0.0294. The predicted molar refractivity (Wildman–Crippen MR) is 110 cm³/mol. The van der Waals surface area contributed by atoms with E-state index in [-0.39, 0.29) is 11.8 Å². The zero-order valence-corrected chi connectivity index (χ0v) is 16.5. The first-order valence-electron chi connectivity index (χ1n) is 9.13. The molecule has 0 bridgehead atoms. The molecule has 3 aromatic rings. The Morgan fingerprint density at radius 3 is 2.54 bits per heavy atom. The van der Waals surface area contributed by atoms with Crippen LogP contribution in [0.5, 0.6) is 0 Å². The Morgan fingerprint density at radius 1 is 1.00 bits per heavy atom. The quantitative estimate of drug-likeness (QED) is 0.630. The molecule has 2 aromatic carbocycles. The molecule has 2 aliphatic rings. The minimum Gasteiger partial charge on any atom is -0.309 e. The second-order valence-corrected chi connectivity index (χ2v) is 8.43. The van der Waals surface area contributed by atoms with Gasteiger partial charge in [0.25, 0.3) is 11.8 Å².